The van der Waals surface area contributed by atoms with Gasteiger partial charge >= 0.3 is 0 Å². The molecule has 8 heteroatoms. The molecule has 0 radical (unpaired) electrons. The molecule has 0 aliphatic carbocycles. The fraction of sp³-hybridized carbons (Fsp3) is 0.320. The van der Waals surface area contributed by atoms with Crippen molar-refractivity contribution >= 4 is 28.9 Å². The number of benzene rings is 2. The highest BCUT2D eigenvalue weighted by molar-refractivity contribution is 5.97. The molecule has 166 valence electrons. The van der Waals surface area contributed by atoms with E-state index >= 15 is 0 Å². The lowest BCUT2D eigenvalue weighted by Gasteiger charge is -2.21. The highest BCUT2D eigenvalue weighted by atomic mass is 16.2. The molecule has 2 aliphatic rings. The van der Waals surface area contributed by atoms with Crippen molar-refractivity contribution in [2.75, 3.05) is 26.2 Å². The van der Waals surface area contributed by atoms with Crippen LogP contribution in [0.5, 0.6) is 0 Å². The molecular formula is C25H24N6O2. The van der Waals surface area contributed by atoms with E-state index in [4.69, 9.17) is 5.26 Å². The summed E-state index contributed by atoms with van der Waals surface area (Å²) in [7, 11) is 0. The Morgan fingerprint density at radius 1 is 1.00 bits per heavy atom. The summed E-state index contributed by atoms with van der Waals surface area (Å²) in [5.41, 5.74) is 3.49. The van der Waals surface area contributed by atoms with E-state index < -0.39 is 0 Å². The number of nitriles is 1. The predicted molar refractivity (Wildman–Crippen MR) is 123 cm³/mol. The van der Waals surface area contributed by atoms with Gasteiger partial charge in [0, 0.05) is 37.8 Å². The van der Waals surface area contributed by atoms with Gasteiger partial charge in [0.1, 0.15) is 11.0 Å². The predicted octanol–water partition coefficient (Wildman–Crippen LogP) is 2.85. The second-order valence-electron chi connectivity index (χ2n) is 8.73. The van der Waals surface area contributed by atoms with Crippen molar-refractivity contribution in [2.45, 2.75) is 12.8 Å². The quantitative estimate of drug-likeness (QED) is 0.631. The van der Waals surface area contributed by atoms with E-state index in [9.17, 15) is 9.59 Å². The Kier molecular flexibility index (Phi) is 5.61. The molecule has 0 spiro atoms. The van der Waals surface area contributed by atoms with Crippen LogP contribution in [0.25, 0.3) is 17.1 Å². The van der Waals surface area contributed by atoms with Crippen LogP contribution in [0.4, 0.5) is 0 Å². The van der Waals surface area contributed by atoms with E-state index in [-0.39, 0.29) is 11.8 Å². The van der Waals surface area contributed by atoms with Gasteiger partial charge in [-0.25, -0.2) is 0 Å². The molecule has 5 rings (SSSR count). The number of rotatable bonds is 3. The molecule has 3 aromatic rings. The van der Waals surface area contributed by atoms with Gasteiger partial charge in [0.2, 0.25) is 5.91 Å². The topological polar surface area (TPSA) is 106 Å². The van der Waals surface area contributed by atoms with E-state index in [2.05, 4.69) is 21.5 Å². The van der Waals surface area contributed by atoms with Crippen molar-refractivity contribution in [2.24, 2.45) is 11.8 Å². The normalized spacial score (nSPS) is 20.6. The summed E-state index contributed by atoms with van der Waals surface area (Å²) in [5.74, 6) is 0.826. The molecule has 2 saturated heterocycles. The molecule has 0 saturated carbocycles. The number of nitrogens with zero attached hydrogens (tertiary/aromatic N) is 5. The summed E-state index contributed by atoms with van der Waals surface area (Å²) in [4.78, 5) is 29.6. The van der Waals surface area contributed by atoms with Crippen molar-refractivity contribution < 1.29 is 9.59 Å². The first kappa shape index (κ1) is 20.9. The number of hydrogen-bond acceptors (Lipinski definition) is 5. The summed E-state index contributed by atoms with van der Waals surface area (Å²) in [6.07, 6.45) is 5.13. The Hall–Kier alpha value is -3.99. The van der Waals surface area contributed by atoms with Crippen molar-refractivity contribution in [3.8, 4) is 6.07 Å². The number of carbonyl (C=O) groups is 2. The number of aromatic nitrogens is 3. The van der Waals surface area contributed by atoms with Crippen LogP contribution in [0.3, 0.4) is 0 Å². The Balaban J connectivity index is 1.19. The Morgan fingerprint density at radius 3 is 2.52 bits per heavy atom. The molecule has 0 bridgehead atoms. The second-order valence-corrected chi connectivity index (χ2v) is 8.73. The highest BCUT2D eigenvalue weighted by Crippen LogP contribution is 2.33. The van der Waals surface area contributed by atoms with E-state index in [1.54, 1.807) is 36.4 Å². The fourth-order valence-electron chi connectivity index (χ4n) is 4.87. The van der Waals surface area contributed by atoms with E-state index in [1.807, 2.05) is 28.0 Å². The lowest BCUT2D eigenvalue weighted by molar-refractivity contribution is -0.126. The van der Waals surface area contributed by atoms with E-state index in [1.165, 1.54) is 0 Å². The maximum absolute atomic E-state index is 13.1. The van der Waals surface area contributed by atoms with Crippen LogP contribution in [0.1, 0.15) is 34.3 Å². The van der Waals surface area contributed by atoms with Crippen molar-refractivity contribution in [3.63, 3.8) is 0 Å². The standard InChI is InChI=1S/C25H24N6O2/c26-14-18-3-1-2-17(12-18)4-7-24(32)30-10-8-20-15-31(16-21(20)9-11-30)25(33)19-5-6-22-23(13-19)28-29-27-22/h1-7,12-13,20-21H,8-11,15-16H2,(H,27,28,29)/b7-4+/t20-,21?/m1/s1. The Morgan fingerprint density at radius 2 is 1.76 bits per heavy atom. The molecule has 2 atom stereocenters. The summed E-state index contributed by atoms with van der Waals surface area (Å²) in [5, 5.41) is 19.7. The minimum absolute atomic E-state index is 0.00817. The first-order valence-electron chi connectivity index (χ1n) is 11.2. The number of aromatic amines is 1. The summed E-state index contributed by atoms with van der Waals surface area (Å²) in [6.45, 7) is 2.82. The number of H-pyrrole nitrogens is 1. The Bertz CT molecular complexity index is 1260. The minimum Gasteiger partial charge on any atom is -0.339 e. The van der Waals surface area contributed by atoms with Crippen LogP contribution < -0.4 is 0 Å². The van der Waals surface area contributed by atoms with Crippen molar-refractivity contribution in [3.05, 3.63) is 65.2 Å². The third kappa shape index (κ3) is 4.35. The molecule has 2 aromatic carbocycles. The van der Waals surface area contributed by atoms with E-state index in [0.717, 1.165) is 37.0 Å². The molecule has 2 fully saturated rings. The summed E-state index contributed by atoms with van der Waals surface area (Å²) in [6, 6.07) is 14.7. The molecule has 3 heterocycles. The zero-order valence-corrected chi connectivity index (χ0v) is 18.1. The zero-order valence-electron chi connectivity index (χ0n) is 18.1. The molecule has 2 amide bonds. The molecule has 33 heavy (non-hydrogen) atoms. The van der Waals surface area contributed by atoms with Crippen LogP contribution in [0, 0.1) is 23.2 Å². The average Bonchev–Trinajstić information content (AvgIpc) is 3.44. The fourth-order valence-corrected chi connectivity index (χ4v) is 4.87. The Labute approximate surface area is 191 Å². The number of nitrogens with one attached hydrogen (secondary N) is 1. The molecular weight excluding hydrogens is 416 g/mol. The number of likely N-dealkylation sites (tertiary alicyclic amines) is 2. The number of amides is 2. The van der Waals surface area contributed by atoms with Crippen LogP contribution in [0.15, 0.2) is 48.5 Å². The minimum atomic E-state index is -0.00817. The first-order valence-corrected chi connectivity index (χ1v) is 11.2. The van der Waals surface area contributed by atoms with Gasteiger partial charge in [-0.2, -0.15) is 20.7 Å². The van der Waals surface area contributed by atoms with Crippen molar-refractivity contribution in [1.82, 2.24) is 25.2 Å². The SMILES string of the molecule is N#Cc1cccc(/C=C/C(=O)N2CCC3CN(C(=O)c4ccc5n[nH]nc5c4)C[C@H]3CC2)c1. The smallest absolute Gasteiger partial charge is 0.253 e. The van der Waals surface area contributed by atoms with Gasteiger partial charge in [-0.1, -0.05) is 12.1 Å². The van der Waals surface area contributed by atoms with Gasteiger partial charge < -0.3 is 9.80 Å². The molecule has 8 nitrogen and oxygen atoms in total. The monoisotopic (exact) mass is 440 g/mol. The highest BCUT2D eigenvalue weighted by Gasteiger charge is 2.37. The molecule has 2 aliphatic heterocycles. The van der Waals surface area contributed by atoms with Gasteiger partial charge in [-0.15, -0.1) is 0 Å². The first-order chi connectivity index (χ1) is 16.1. The van der Waals surface area contributed by atoms with Crippen LogP contribution in [-0.4, -0.2) is 63.2 Å². The lowest BCUT2D eigenvalue weighted by atomic mass is 9.92. The second kappa shape index (κ2) is 8.87. The summed E-state index contributed by atoms with van der Waals surface area (Å²) < 4.78 is 0. The number of fused-ring (bicyclic) bond motifs is 2. The molecule has 1 aromatic heterocycles. The maximum Gasteiger partial charge on any atom is 0.253 e. The molecule has 1 unspecified atom stereocenters. The van der Waals surface area contributed by atoms with Crippen LogP contribution in [-0.2, 0) is 4.79 Å². The van der Waals surface area contributed by atoms with Gasteiger partial charge in [0.05, 0.1) is 11.6 Å². The largest absolute Gasteiger partial charge is 0.339 e. The van der Waals surface area contributed by atoms with Crippen molar-refractivity contribution in [1.29, 1.82) is 5.26 Å². The third-order valence-corrected chi connectivity index (χ3v) is 6.71. The summed E-state index contributed by atoms with van der Waals surface area (Å²) >= 11 is 0. The van der Waals surface area contributed by atoms with Gasteiger partial charge in [0.15, 0.2) is 0 Å². The number of carbonyl (C=O) groups excluding carboxylic acids is 2. The van der Waals surface area contributed by atoms with Gasteiger partial charge in [-0.3, -0.25) is 9.59 Å². The number of hydrogen-bond donors (Lipinski definition) is 1. The van der Waals surface area contributed by atoms with Crippen LogP contribution >= 0.6 is 0 Å². The maximum atomic E-state index is 13.1. The average molecular weight is 441 g/mol. The lowest BCUT2D eigenvalue weighted by Crippen LogP contribution is -2.33. The third-order valence-electron chi connectivity index (χ3n) is 6.71. The molecule has 1 N–H and O–H groups in total. The van der Waals surface area contributed by atoms with Gasteiger partial charge in [0.25, 0.3) is 5.91 Å². The zero-order chi connectivity index (χ0) is 22.8. The van der Waals surface area contributed by atoms with E-state index in [0.29, 0.717) is 41.6 Å². The van der Waals surface area contributed by atoms with Gasteiger partial charge in [-0.05, 0) is 66.6 Å². The van der Waals surface area contributed by atoms with Crippen LogP contribution in [0.2, 0.25) is 0 Å².